The lowest BCUT2D eigenvalue weighted by Gasteiger charge is -2.16. The Morgan fingerprint density at radius 2 is 2.00 bits per heavy atom. The van der Waals surface area contributed by atoms with E-state index in [2.05, 4.69) is 17.1 Å². The summed E-state index contributed by atoms with van der Waals surface area (Å²) in [6, 6.07) is 15.4. The number of hydrogen-bond acceptors (Lipinski definition) is 6. The van der Waals surface area contributed by atoms with Crippen molar-refractivity contribution in [3.63, 3.8) is 0 Å². The molecule has 0 saturated carbocycles. The third-order valence-electron chi connectivity index (χ3n) is 5.39. The molecule has 1 saturated heterocycles. The van der Waals surface area contributed by atoms with Crippen molar-refractivity contribution >= 4 is 5.91 Å². The summed E-state index contributed by atoms with van der Waals surface area (Å²) in [6.45, 7) is 3.94. The van der Waals surface area contributed by atoms with Gasteiger partial charge in [0.25, 0.3) is 0 Å². The molecule has 2 heterocycles. The average Bonchev–Trinajstić information content (AvgIpc) is 3.42. The van der Waals surface area contributed by atoms with Crippen LogP contribution in [0.5, 0.6) is 11.5 Å². The van der Waals surface area contributed by atoms with Crippen molar-refractivity contribution in [3.8, 4) is 22.9 Å². The molecule has 0 spiro atoms. The first-order chi connectivity index (χ1) is 15.2. The van der Waals surface area contributed by atoms with Gasteiger partial charge in [0.1, 0.15) is 11.5 Å². The smallest absolute Gasteiger partial charge is 0.232 e. The molecule has 3 aromatic rings. The van der Waals surface area contributed by atoms with Gasteiger partial charge in [0.15, 0.2) is 0 Å². The van der Waals surface area contributed by atoms with Gasteiger partial charge < -0.3 is 18.9 Å². The van der Waals surface area contributed by atoms with E-state index in [1.807, 2.05) is 53.4 Å². The molecule has 1 unspecified atom stereocenters. The van der Waals surface area contributed by atoms with Crippen molar-refractivity contribution in [2.75, 3.05) is 20.3 Å². The number of carbonyl (C=O) groups is 1. The number of unbranched alkanes of at least 4 members (excludes halogenated alkanes) is 1. The van der Waals surface area contributed by atoms with E-state index in [0.717, 1.165) is 35.5 Å². The molecular weight excluding hydrogens is 394 g/mol. The third-order valence-corrected chi connectivity index (χ3v) is 5.39. The minimum absolute atomic E-state index is 0.0844. The molecule has 0 aliphatic carbocycles. The van der Waals surface area contributed by atoms with E-state index < -0.39 is 0 Å². The zero-order valence-corrected chi connectivity index (χ0v) is 17.9. The fourth-order valence-electron chi connectivity index (χ4n) is 3.63. The number of likely N-dealkylation sites (tertiary alicyclic amines) is 1. The number of nitrogens with zero attached hydrogens (tertiary/aromatic N) is 3. The Morgan fingerprint density at radius 3 is 2.77 bits per heavy atom. The Kier molecular flexibility index (Phi) is 6.50. The lowest BCUT2D eigenvalue weighted by molar-refractivity contribution is -0.128. The molecule has 1 amide bonds. The Bertz CT molecular complexity index is 1020. The minimum Gasteiger partial charge on any atom is -0.497 e. The van der Waals surface area contributed by atoms with E-state index in [1.165, 1.54) is 0 Å². The van der Waals surface area contributed by atoms with Crippen molar-refractivity contribution in [1.82, 2.24) is 15.0 Å². The SMILES string of the molecule is CCCCOc1ccc(-c2noc(C3CC(=O)N(Cc4cccc(OC)c4)C3)n2)cc1. The zero-order valence-electron chi connectivity index (χ0n) is 17.9. The number of carbonyl (C=O) groups excluding carboxylic acids is 1. The molecule has 1 aliphatic rings. The Morgan fingerprint density at radius 1 is 1.16 bits per heavy atom. The number of ether oxygens (including phenoxy) is 2. The maximum absolute atomic E-state index is 12.5. The first-order valence-electron chi connectivity index (χ1n) is 10.6. The summed E-state index contributed by atoms with van der Waals surface area (Å²) in [6.07, 6.45) is 2.51. The number of methoxy groups -OCH3 is 1. The standard InChI is InChI=1S/C24H27N3O4/c1-3-4-12-30-20-10-8-18(9-11-20)23-25-24(31-26-23)19-14-22(28)27(16-19)15-17-6-5-7-21(13-17)29-2/h5-11,13,19H,3-4,12,14-16H2,1-2H3. The number of hydrogen-bond donors (Lipinski definition) is 0. The molecule has 4 rings (SSSR count). The zero-order chi connectivity index (χ0) is 21.6. The van der Waals surface area contributed by atoms with Gasteiger partial charge in [0.2, 0.25) is 17.6 Å². The quantitative estimate of drug-likeness (QED) is 0.475. The maximum Gasteiger partial charge on any atom is 0.232 e. The summed E-state index contributed by atoms with van der Waals surface area (Å²) in [5, 5.41) is 4.12. The second kappa shape index (κ2) is 9.64. The van der Waals surface area contributed by atoms with Crippen LogP contribution < -0.4 is 9.47 Å². The summed E-state index contributed by atoms with van der Waals surface area (Å²) in [5.41, 5.74) is 1.89. The largest absolute Gasteiger partial charge is 0.497 e. The van der Waals surface area contributed by atoms with E-state index in [4.69, 9.17) is 14.0 Å². The number of aromatic nitrogens is 2. The van der Waals surface area contributed by atoms with Crippen LogP contribution in [0.2, 0.25) is 0 Å². The van der Waals surface area contributed by atoms with Gasteiger partial charge in [-0.2, -0.15) is 4.98 Å². The van der Waals surface area contributed by atoms with Crippen molar-refractivity contribution < 1.29 is 18.8 Å². The van der Waals surface area contributed by atoms with E-state index in [9.17, 15) is 4.79 Å². The highest BCUT2D eigenvalue weighted by molar-refractivity contribution is 5.79. The summed E-state index contributed by atoms with van der Waals surface area (Å²) < 4.78 is 16.5. The maximum atomic E-state index is 12.5. The molecule has 162 valence electrons. The summed E-state index contributed by atoms with van der Waals surface area (Å²) in [5.74, 6) is 2.62. The van der Waals surface area contributed by atoms with Gasteiger partial charge in [-0.05, 0) is 48.4 Å². The number of benzene rings is 2. The van der Waals surface area contributed by atoms with Gasteiger partial charge in [0.05, 0.1) is 19.6 Å². The van der Waals surface area contributed by atoms with Crippen LogP contribution in [0, 0.1) is 0 Å². The predicted octanol–water partition coefficient (Wildman–Crippen LogP) is 4.44. The molecule has 1 aromatic heterocycles. The van der Waals surface area contributed by atoms with Gasteiger partial charge >= 0.3 is 0 Å². The predicted molar refractivity (Wildman–Crippen MR) is 116 cm³/mol. The van der Waals surface area contributed by atoms with Crippen molar-refractivity contribution in [3.05, 3.63) is 60.0 Å². The lowest BCUT2D eigenvalue weighted by Crippen LogP contribution is -2.24. The van der Waals surface area contributed by atoms with Gasteiger partial charge in [0, 0.05) is 25.1 Å². The number of rotatable bonds is 9. The first kappa shape index (κ1) is 20.9. The molecule has 0 radical (unpaired) electrons. The van der Waals surface area contributed by atoms with Crippen LogP contribution in [0.15, 0.2) is 53.1 Å². The second-order valence-corrected chi connectivity index (χ2v) is 7.71. The fraction of sp³-hybridized carbons (Fsp3) is 0.375. The molecule has 0 bridgehead atoms. The Balaban J connectivity index is 1.39. The van der Waals surface area contributed by atoms with Crippen molar-refractivity contribution in [2.45, 2.75) is 38.6 Å². The molecule has 1 atom stereocenters. The molecular formula is C24H27N3O4. The molecule has 2 aromatic carbocycles. The Labute approximate surface area is 182 Å². The molecule has 1 aliphatic heterocycles. The molecule has 31 heavy (non-hydrogen) atoms. The monoisotopic (exact) mass is 421 g/mol. The van der Waals surface area contributed by atoms with Crippen LogP contribution in [0.1, 0.15) is 43.6 Å². The van der Waals surface area contributed by atoms with Crippen LogP contribution >= 0.6 is 0 Å². The molecule has 1 fully saturated rings. The van der Waals surface area contributed by atoms with E-state index >= 15 is 0 Å². The van der Waals surface area contributed by atoms with Crippen LogP contribution in [0.4, 0.5) is 0 Å². The summed E-state index contributed by atoms with van der Waals surface area (Å²) >= 11 is 0. The molecule has 7 nitrogen and oxygen atoms in total. The van der Waals surface area contributed by atoms with E-state index in [0.29, 0.717) is 37.8 Å². The van der Waals surface area contributed by atoms with Gasteiger partial charge in [-0.1, -0.05) is 30.6 Å². The average molecular weight is 421 g/mol. The molecule has 7 heteroatoms. The van der Waals surface area contributed by atoms with Crippen molar-refractivity contribution in [2.24, 2.45) is 0 Å². The third kappa shape index (κ3) is 5.05. The van der Waals surface area contributed by atoms with E-state index in [-0.39, 0.29) is 11.8 Å². The summed E-state index contributed by atoms with van der Waals surface area (Å²) in [4.78, 5) is 18.9. The highest BCUT2D eigenvalue weighted by atomic mass is 16.5. The Hall–Kier alpha value is -3.35. The van der Waals surface area contributed by atoms with Crippen LogP contribution in [0.3, 0.4) is 0 Å². The normalized spacial score (nSPS) is 16.0. The van der Waals surface area contributed by atoms with E-state index in [1.54, 1.807) is 7.11 Å². The first-order valence-corrected chi connectivity index (χ1v) is 10.6. The molecule has 0 N–H and O–H groups in total. The van der Waals surface area contributed by atoms with Crippen LogP contribution in [0.25, 0.3) is 11.4 Å². The summed E-state index contributed by atoms with van der Waals surface area (Å²) in [7, 11) is 1.64. The second-order valence-electron chi connectivity index (χ2n) is 7.71. The van der Waals surface area contributed by atoms with Crippen molar-refractivity contribution in [1.29, 1.82) is 0 Å². The van der Waals surface area contributed by atoms with Gasteiger partial charge in [-0.3, -0.25) is 4.79 Å². The van der Waals surface area contributed by atoms with Crippen LogP contribution in [-0.2, 0) is 11.3 Å². The number of amides is 1. The fourth-order valence-corrected chi connectivity index (χ4v) is 3.63. The highest BCUT2D eigenvalue weighted by Gasteiger charge is 2.34. The topological polar surface area (TPSA) is 77.7 Å². The van der Waals surface area contributed by atoms with Gasteiger partial charge in [-0.25, -0.2) is 0 Å². The van der Waals surface area contributed by atoms with Crippen LogP contribution in [-0.4, -0.2) is 41.2 Å². The van der Waals surface area contributed by atoms with Gasteiger partial charge in [-0.15, -0.1) is 0 Å². The minimum atomic E-state index is -0.101. The lowest BCUT2D eigenvalue weighted by atomic mass is 10.1. The highest BCUT2D eigenvalue weighted by Crippen LogP contribution is 2.30.